The third kappa shape index (κ3) is 3.86. The van der Waals surface area contributed by atoms with Crippen LogP contribution in [0.3, 0.4) is 0 Å². The molecule has 0 saturated heterocycles. The van der Waals surface area contributed by atoms with Crippen LogP contribution in [0.25, 0.3) is 0 Å². The molecular formula is C13H11BrCl2INS. The standard InChI is InChI=1S/C13H11BrCl2INS/c1-2-18-12(11-6-9(14)13(16)19-11)8-5-7(15)3-4-10(8)17/h3-6,12,18H,2H2,1H3. The van der Waals surface area contributed by atoms with E-state index in [1.807, 2.05) is 18.2 Å². The Morgan fingerprint density at radius 1 is 1.37 bits per heavy atom. The molecular weight excluding hydrogens is 480 g/mol. The third-order valence-electron chi connectivity index (χ3n) is 2.63. The molecule has 1 unspecified atom stereocenters. The summed E-state index contributed by atoms with van der Waals surface area (Å²) in [4.78, 5) is 1.18. The summed E-state index contributed by atoms with van der Waals surface area (Å²) in [6.07, 6.45) is 0. The summed E-state index contributed by atoms with van der Waals surface area (Å²) in [5.74, 6) is 0. The van der Waals surface area contributed by atoms with E-state index in [2.05, 4.69) is 56.8 Å². The number of nitrogens with one attached hydrogen (secondary N) is 1. The van der Waals surface area contributed by atoms with Crippen LogP contribution in [0.15, 0.2) is 28.7 Å². The van der Waals surface area contributed by atoms with Crippen molar-refractivity contribution in [1.82, 2.24) is 5.32 Å². The van der Waals surface area contributed by atoms with Crippen LogP contribution in [-0.2, 0) is 0 Å². The molecule has 102 valence electrons. The first-order valence-electron chi connectivity index (χ1n) is 5.66. The van der Waals surface area contributed by atoms with Gasteiger partial charge in [0, 0.05) is 17.9 Å². The molecule has 0 aliphatic carbocycles. The Kier molecular flexibility index (Phi) is 5.99. The Bertz CT molecular complexity index is 569. The molecule has 0 fully saturated rings. The molecule has 0 spiro atoms. The quantitative estimate of drug-likeness (QED) is 0.509. The fraction of sp³-hybridized carbons (Fsp3) is 0.231. The lowest BCUT2D eigenvalue weighted by Gasteiger charge is -2.18. The van der Waals surface area contributed by atoms with Crippen molar-refractivity contribution in [2.45, 2.75) is 13.0 Å². The zero-order chi connectivity index (χ0) is 14.0. The second-order valence-corrected chi connectivity index (χ2v) is 8.07. The van der Waals surface area contributed by atoms with Gasteiger partial charge in [-0.25, -0.2) is 0 Å². The molecule has 2 aromatic rings. The van der Waals surface area contributed by atoms with Crippen molar-refractivity contribution >= 4 is 73.1 Å². The summed E-state index contributed by atoms with van der Waals surface area (Å²) in [7, 11) is 0. The Morgan fingerprint density at radius 2 is 2.11 bits per heavy atom. The summed E-state index contributed by atoms with van der Waals surface area (Å²) in [6, 6.07) is 8.14. The fourth-order valence-electron chi connectivity index (χ4n) is 1.81. The van der Waals surface area contributed by atoms with Crippen molar-refractivity contribution in [3.05, 3.63) is 52.1 Å². The zero-order valence-corrected chi connectivity index (χ0v) is 16.1. The highest BCUT2D eigenvalue weighted by Crippen LogP contribution is 2.38. The van der Waals surface area contributed by atoms with Crippen LogP contribution in [0, 0.1) is 3.57 Å². The van der Waals surface area contributed by atoms with Crippen molar-refractivity contribution < 1.29 is 0 Å². The van der Waals surface area contributed by atoms with E-state index in [0.29, 0.717) is 0 Å². The van der Waals surface area contributed by atoms with Gasteiger partial charge >= 0.3 is 0 Å². The number of thiophene rings is 1. The van der Waals surface area contributed by atoms with E-state index in [0.717, 1.165) is 20.4 Å². The number of benzene rings is 1. The maximum atomic E-state index is 6.15. The summed E-state index contributed by atoms with van der Waals surface area (Å²) < 4.78 is 2.90. The maximum Gasteiger partial charge on any atom is 0.107 e. The SMILES string of the molecule is CCNC(c1cc(Br)c(Cl)s1)c1cc(Cl)ccc1I. The summed E-state index contributed by atoms with van der Waals surface area (Å²) >= 11 is 19.7. The van der Waals surface area contributed by atoms with Crippen LogP contribution < -0.4 is 5.32 Å². The van der Waals surface area contributed by atoms with Gasteiger partial charge in [-0.1, -0.05) is 30.1 Å². The van der Waals surface area contributed by atoms with E-state index in [-0.39, 0.29) is 6.04 Å². The Morgan fingerprint density at radius 3 is 2.68 bits per heavy atom. The summed E-state index contributed by atoms with van der Waals surface area (Å²) in [6.45, 7) is 2.97. The second kappa shape index (κ2) is 7.09. The first-order valence-corrected chi connectivity index (χ1v) is 9.10. The average molecular weight is 491 g/mol. The van der Waals surface area contributed by atoms with Gasteiger partial charge in [-0.3, -0.25) is 0 Å². The van der Waals surface area contributed by atoms with Gasteiger partial charge in [-0.05, 0) is 74.9 Å². The van der Waals surface area contributed by atoms with Gasteiger partial charge in [0.25, 0.3) is 0 Å². The normalized spacial score (nSPS) is 12.7. The molecule has 1 heterocycles. The molecule has 0 amide bonds. The van der Waals surface area contributed by atoms with Gasteiger partial charge < -0.3 is 5.32 Å². The average Bonchev–Trinajstić information content (AvgIpc) is 2.70. The molecule has 1 aromatic carbocycles. The van der Waals surface area contributed by atoms with Gasteiger partial charge in [-0.15, -0.1) is 11.3 Å². The largest absolute Gasteiger partial charge is 0.306 e. The number of halogens is 4. The molecule has 0 bridgehead atoms. The molecule has 1 nitrogen and oxygen atoms in total. The molecule has 1 aromatic heterocycles. The van der Waals surface area contributed by atoms with Crippen LogP contribution in [0.5, 0.6) is 0 Å². The molecule has 0 aliphatic rings. The minimum atomic E-state index is 0.115. The van der Waals surface area contributed by atoms with E-state index in [9.17, 15) is 0 Å². The van der Waals surface area contributed by atoms with E-state index < -0.39 is 0 Å². The molecule has 1 N–H and O–H groups in total. The van der Waals surface area contributed by atoms with Crippen LogP contribution in [0.4, 0.5) is 0 Å². The molecule has 0 saturated carbocycles. The van der Waals surface area contributed by atoms with Gasteiger partial charge in [0.2, 0.25) is 0 Å². The number of hydrogen-bond donors (Lipinski definition) is 1. The Labute approximate surface area is 149 Å². The minimum Gasteiger partial charge on any atom is -0.306 e. The van der Waals surface area contributed by atoms with Crippen molar-refractivity contribution in [1.29, 1.82) is 0 Å². The van der Waals surface area contributed by atoms with E-state index >= 15 is 0 Å². The van der Waals surface area contributed by atoms with Gasteiger partial charge in [-0.2, -0.15) is 0 Å². The Balaban J connectivity index is 2.47. The topological polar surface area (TPSA) is 12.0 Å². The summed E-state index contributed by atoms with van der Waals surface area (Å²) in [5.41, 5.74) is 1.18. The van der Waals surface area contributed by atoms with Crippen LogP contribution in [0.1, 0.15) is 23.4 Å². The van der Waals surface area contributed by atoms with Crippen LogP contribution in [-0.4, -0.2) is 6.54 Å². The van der Waals surface area contributed by atoms with Crippen molar-refractivity contribution in [2.75, 3.05) is 6.54 Å². The van der Waals surface area contributed by atoms with E-state index in [1.165, 1.54) is 14.0 Å². The lowest BCUT2D eigenvalue weighted by atomic mass is 10.1. The first kappa shape index (κ1) is 16.0. The highest BCUT2D eigenvalue weighted by molar-refractivity contribution is 14.1. The fourth-order valence-corrected chi connectivity index (χ4v) is 4.47. The summed E-state index contributed by atoms with van der Waals surface area (Å²) in [5, 5.41) is 4.24. The van der Waals surface area contributed by atoms with Crippen molar-refractivity contribution in [3.63, 3.8) is 0 Å². The van der Waals surface area contributed by atoms with Crippen LogP contribution in [0.2, 0.25) is 9.36 Å². The second-order valence-electron chi connectivity index (χ2n) is 3.93. The van der Waals surface area contributed by atoms with Crippen molar-refractivity contribution in [3.8, 4) is 0 Å². The van der Waals surface area contributed by atoms with Crippen LogP contribution >= 0.6 is 73.1 Å². The predicted octanol–water partition coefficient (Wildman–Crippen LogP) is 6.12. The van der Waals surface area contributed by atoms with E-state index in [1.54, 1.807) is 11.3 Å². The monoisotopic (exact) mass is 489 g/mol. The molecule has 2 rings (SSSR count). The highest BCUT2D eigenvalue weighted by atomic mass is 127. The third-order valence-corrected chi connectivity index (χ3v) is 6.38. The first-order chi connectivity index (χ1) is 9.02. The number of rotatable bonds is 4. The smallest absolute Gasteiger partial charge is 0.107 e. The van der Waals surface area contributed by atoms with E-state index in [4.69, 9.17) is 23.2 Å². The van der Waals surface area contributed by atoms with Gasteiger partial charge in [0.15, 0.2) is 0 Å². The lowest BCUT2D eigenvalue weighted by Crippen LogP contribution is -2.22. The zero-order valence-electron chi connectivity index (χ0n) is 10.0. The Hall–Kier alpha value is 0.670. The maximum absolute atomic E-state index is 6.15. The molecule has 6 heteroatoms. The van der Waals surface area contributed by atoms with Gasteiger partial charge in [0.1, 0.15) is 4.34 Å². The molecule has 0 radical (unpaired) electrons. The predicted molar refractivity (Wildman–Crippen MR) is 96.7 cm³/mol. The highest BCUT2D eigenvalue weighted by Gasteiger charge is 2.19. The van der Waals surface area contributed by atoms with Gasteiger partial charge in [0.05, 0.1) is 6.04 Å². The molecule has 0 aliphatic heterocycles. The number of hydrogen-bond acceptors (Lipinski definition) is 2. The lowest BCUT2D eigenvalue weighted by molar-refractivity contribution is 0.637. The van der Waals surface area contributed by atoms with Crippen molar-refractivity contribution in [2.24, 2.45) is 0 Å². The molecule has 1 atom stereocenters. The minimum absolute atomic E-state index is 0.115. The molecule has 19 heavy (non-hydrogen) atoms.